The summed E-state index contributed by atoms with van der Waals surface area (Å²) in [6.45, 7) is 2.65. The predicted molar refractivity (Wildman–Crippen MR) is 146 cm³/mol. The van der Waals surface area contributed by atoms with Crippen molar-refractivity contribution >= 4 is 12.0 Å². The van der Waals surface area contributed by atoms with E-state index in [1.165, 1.54) is 5.56 Å². The van der Waals surface area contributed by atoms with Crippen LogP contribution in [-0.2, 0) is 11.2 Å². The zero-order chi connectivity index (χ0) is 25.6. The molecule has 0 unspecified atom stereocenters. The van der Waals surface area contributed by atoms with Crippen molar-refractivity contribution in [2.75, 3.05) is 40.9 Å². The van der Waals surface area contributed by atoms with E-state index >= 15 is 0 Å². The second kappa shape index (κ2) is 14.7. The number of methoxy groups -OCH3 is 2. The van der Waals surface area contributed by atoms with E-state index in [9.17, 15) is 4.79 Å². The van der Waals surface area contributed by atoms with Crippen LogP contribution in [0.15, 0.2) is 73.1 Å². The molecule has 1 aromatic heterocycles. The molecule has 0 atom stereocenters. The highest BCUT2D eigenvalue weighted by Gasteiger charge is 2.05. The minimum absolute atomic E-state index is 0.0542. The van der Waals surface area contributed by atoms with E-state index in [1.54, 1.807) is 20.4 Å². The first-order valence-corrected chi connectivity index (χ1v) is 12.4. The zero-order valence-electron chi connectivity index (χ0n) is 21.6. The SMILES string of the molecule is COc1cc(CCN(C)CCCCNC(=O)C/C=C/c2ccc(-c3cccnc3)cc2)cc(OC)c1. The zero-order valence-corrected chi connectivity index (χ0v) is 21.6. The highest BCUT2D eigenvalue weighted by atomic mass is 16.5. The van der Waals surface area contributed by atoms with Crippen LogP contribution in [0.1, 0.15) is 30.4 Å². The lowest BCUT2D eigenvalue weighted by atomic mass is 10.1. The van der Waals surface area contributed by atoms with Crippen molar-refractivity contribution in [1.29, 1.82) is 0 Å². The molecule has 0 fully saturated rings. The van der Waals surface area contributed by atoms with Crippen LogP contribution in [-0.4, -0.2) is 56.7 Å². The quantitative estimate of drug-likeness (QED) is 0.315. The van der Waals surface area contributed by atoms with E-state index in [-0.39, 0.29) is 5.91 Å². The molecule has 3 rings (SSSR count). The number of aromatic nitrogens is 1. The third-order valence-electron chi connectivity index (χ3n) is 6.00. The summed E-state index contributed by atoms with van der Waals surface area (Å²) in [4.78, 5) is 18.6. The fourth-order valence-electron chi connectivity index (χ4n) is 3.87. The molecule has 0 saturated carbocycles. The Morgan fingerprint density at radius 3 is 2.39 bits per heavy atom. The van der Waals surface area contributed by atoms with Gasteiger partial charge in [-0.3, -0.25) is 9.78 Å². The van der Waals surface area contributed by atoms with Crippen LogP contribution in [0.25, 0.3) is 17.2 Å². The average molecular weight is 488 g/mol. The normalized spacial score (nSPS) is 11.1. The minimum atomic E-state index is 0.0542. The maximum atomic E-state index is 12.1. The Hall–Kier alpha value is -3.64. The number of hydrogen-bond acceptors (Lipinski definition) is 5. The van der Waals surface area contributed by atoms with Crippen LogP contribution in [0.5, 0.6) is 11.5 Å². The molecular formula is C30H37N3O3. The summed E-state index contributed by atoms with van der Waals surface area (Å²) >= 11 is 0. The van der Waals surface area contributed by atoms with E-state index in [4.69, 9.17) is 9.47 Å². The minimum Gasteiger partial charge on any atom is -0.497 e. The van der Waals surface area contributed by atoms with Crippen LogP contribution >= 0.6 is 0 Å². The van der Waals surface area contributed by atoms with Gasteiger partial charge < -0.3 is 19.7 Å². The fourth-order valence-corrected chi connectivity index (χ4v) is 3.87. The van der Waals surface area contributed by atoms with Gasteiger partial charge in [0.25, 0.3) is 0 Å². The van der Waals surface area contributed by atoms with E-state index in [1.807, 2.05) is 36.5 Å². The lowest BCUT2D eigenvalue weighted by Gasteiger charge is -2.17. The van der Waals surface area contributed by atoms with Crippen LogP contribution in [0, 0.1) is 0 Å². The van der Waals surface area contributed by atoms with Crippen molar-refractivity contribution in [2.45, 2.75) is 25.7 Å². The molecule has 6 nitrogen and oxygen atoms in total. The average Bonchev–Trinajstić information content (AvgIpc) is 2.92. The predicted octanol–water partition coefficient (Wildman–Crippen LogP) is 5.24. The van der Waals surface area contributed by atoms with E-state index in [0.717, 1.165) is 60.5 Å². The molecule has 0 radical (unpaired) electrons. The molecule has 2 aromatic carbocycles. The summed E-state index contributed by atoms with van der Waals surface area (Å²) in [7, 11) is 5.47. The second-order valence-electron chi connectivity index (χ2n) is 8.80. The number of benzene rings is 2. The Kier molecular flexibility index (Phi) is 11.0. The summed E-state index contributed by atoms with van der Waals surface area (Å²) < 4.78 is 10.7. The maximum Gasteiger partial charge on any atom is 0.223 e. The number of nitrogens with zero attached hydrogens (tertiary/aromatic N) is 2. The molecule has 0 bridgehead atoms. The highest BCUT2D eigenvalue weighted by Crippen LogP contribution is 2.23. The van der Waals surface area contributed by atoms with Gasteiger partial charge >= 0.3 is 0 Å². The van der Waals surface area contributed by atoms with E-state index in [0.29, 0.717) is 13.0 Å². The first-order valence-electron chi connectivity index (χ1n) is 12.4. The Morgan fingerprint density at radius 1 is 0.972 bits per heavy atom. The maximum absolute atomic E-state index is 12.1. The number of hydrogen-bond donors (Lipinski definition) is 1. The molecule has 36 heavy (non-hydrogen) atoms. The van der Waals surface area contributed by atoms with Crippen molar-refractivity contribution in [3.05, 3.63) is 84.2 Å². The monoisotopic (exact) mass is 487 g/mol. The van der Waals surface area contributed by atoms with Gasteiger partial charge in [0.05, 0.1) is 14.2 Å². The first kappa shape index (κ1) is 27.0. The molecular weight excluding hydrogens is 450 g/mol. The highest BCUT2D eigenvalue weighted by molar-refractivity contribution is 5.78. The number of carbonyl (C=O) groups is 1. The van der Waals surface area contributed by atoms with Gasteiger partial charge in [0.1, 0.15) is 11.5 Å². The van der Waals surface area contributed by atoms with E-state index in [2.05, 4.69) is 58.6 Å². The Bertz CT molecular complexity index is 1080. The summed E-state index contributed by atoms with van der Waals surface area (Å²) in [5.74, 6) is 1.69. The van der Waals surface area contributed by atoms with Gasteiger partial charge in [-0.25, -0.2) is 0 Å². The number of carbonyl (C=O) groups excluding carboxylic acids is 1. The topological polar surface area (TPSA) is 63.7 Å². The third kappa shape index (κ3) is 9.19. The summed E-state index contributed by atoms with van der Waals surface area (Å²) in [5, 5.41) is 3.01. The van der Waals surface area contributed by atoms with Crippen molar-refractivity contribution in [3.8, 4) is 22.6 Å². The van der Waals surface area contributed by atoms with Gasteiger partial charge in [0, 0.05) is 38.0 Å². The van der Waals surface area contributed by atoms with E-state index < -0.39 is 0 Å². The van der Waals surface area contributed by atoms with Gasteiger partial charge in [0.2, 0.25) is 5.91 Å². The summed E-state index contributed by atoms with van der Waals surface area (Å²) in [6, 6.07) is 18.2. The number of unbranched alkanes of at least 4 members (excludes halogenated alkanes) is 1. The molecule has 0 aliphatic rings. The number of likely N-dealkylation sites (N-methyl/N-ethyl adjacent to an activating group) is 1. The lowest BCUT2D eigenvalue weighted by molar-refractivity contribution is -0.120. The number of nitrogens with one attached hydrogen (secondary N) is 1. The summed E-state index contributed by atoms with van der Waals surface area (Å²) in [6.07, 6.45) is 10.8. The van der Waals surface area contributed by atoms with Crippen molar-refractivity contribution in [3.63, 3.8) is 0 Å². The molecule has 0 spiro atoms. The number of amides is 1. The Balaban J connectivity index is 1.28. The molecule has 1 amide bonds. The van der Waals surface area contributed by atoms with Crippen LogP contribution in [0.2, 0.25) is 0 Å². The van der Waals surface area contributed by atoms with Gasteiger partial charge in [-0.05, 0) is 73.3 Å². The molecule has 0 saturated heterocycles. The summed E-state index contributed by atoms with van der Waals surface area (Å²) in [5.41, 5.74) is 4.49. The van der Waals surface area contributed by atoms with Gasteiger partial charge in [-0.2, -0.15) is 0 Å². The molecule has 6 heteroatoms. The van der Waals surface area contributed by atoms with Crippen LogP contribution < -0.4 is 14.8 Å². The van der Waals surface area contributed by atoms with Crippen molar-refractivity contribution < 1.29 is 14.3 Å². The van der Waals surface area contributed by atoms with Crippen molar-refractivity contribution in [2.24, 2.45) is 0 Å². The van der Waals surface area contributed by atoms with Gasteiger partial charge in [-0.1, -0.05) is 42.5 Å². The Labute approximate surface area is 215 Å². The number of pyridine rings is 1. The standard InChI is InChI=1S/C30H37N3O3/c1-33(19-15-25-20-28(35-2)22-29(21-25)36-3)18-5-4-17-32-30(34)10-6-8-24-11-13-26(14-12-24)27-9-7-16-31-23-27/h6-9,11-14,16,20-23H,4-5,10,15,17-19H2,1-3H3,(H,32,34)/b8-6+. The smallest absolute Gasteiger partial charge is 0.223 e. The van der Waals surface area contributed by atoms with Gasteiger partial charge in [0.15, 0.2) is 0 Å². The van der Waals surface area contributed by atoms with Crippen LogP contribution in [0.3, 0.4) is 0 Å². The third-order valence-corrected chi connectivity index (χ3v) is 6.00. The number of ether oxygens (including phenoxy) is 2. The molecule has 1 heterocycles. The Morgan fingerprint density at radius 2 is 1.72 bits per heavy atom. The second-order valence-corrected chi connectivity index (χ2v) is 8.80. The molecule has 1 N–H and O–H groups in total. The van der Waals surface area contributed by atoms with Crippen molar-refractivity contribution in [1.82, 2.24) is 15.2 Å². The molecule has 0 aliphatic carbocycles. The lowest BCUT2D eigenvalue weighted by Crippen LogP contribution is -2.26. The van der Waals surface area contributed by atoms with Gasteiger partial charge in [-0.15, -0.1) is 0 Å². The fraction of sp³-hybridized carbons (Fsp3) is 0.333. The first-order chi connectivity index (χ1) is 17.6. The molecule has 0 aliphatic heterocycles. The molecule has 190 valence electrons. The van der Waals surface area contributed by atoms with Crippen LogP contribution in [0.4, 0.5) is 0 Å². The number of rotatable bonds is 14. The molecule has 3 aromatic rings. The largest absolute Gasteiger partial charge is 0.497 e.